The molecule has 1 aromatic rings. The fourth-order valence-corrected chi connectivity index (χ4v) is 2.50. The van der Waals surface area contributed by atoms with Gasteiger partial charge in [-0.25, -0.2) is 0 Å². The molecule has 2 rings (SSSR count). The van der Waals surface area contributed by atoms with Crippen LogP contribution in [-0.4, -0.2) is 26.0 Å². The van der Waals surface area contributed by atoms with Gasteiger partial charge in [-0.15, -0.1) is 0 Å². The van der Waals surface area contributed by atoms with Crippen LogP contribution in [-0.2, 0) is 14.3 Å². The van der Waals surface area contributed by atoms with E-state index >= 15 is 0 Å². The number of rotatable bonds is 3. The highest BCUT2D eigenvalue weighted by atomic mass is 16.5. The van der Waals surface area contributed by atoms with Gasteiger partial charge in [0.15, 0.2) is 0 Å². The minimum Gasteiger partial charge on any atom is -0.471 e. The Hall–Kier alpha value is -1.84. The van der Waals surface area contributed by atoms with Gasteiger partial charge in [-0.2, -0.15) is 0 Å². The second-order valence-electron chi connectivity index (χ2n) is 5.06. The molecule has 0 aromatic heterocycles. The quantitative estimate of drug-likeness (QED) is 0.798. The van der Waals surface area contributed by atoms with Crippen LogP contribution in [0.3, 0.4) is 0 Å². The lowest BCUT2D eigenvalue weighted by Crippen LogP contribution is -2.26. The number of hydrogen-bond donors (Lipinski definition) is 0. The third-order valence-electron chi connectivity index (χ3n) is 3.59. The molecule has 4 nitrogen and oxygen atoms in total. The maximum Gasteiger partial charge on any atom is 0.292 e. The Labute approximate surface area is 120 Å². The average Bonchev–Trinajstić information content (AvgIpc) is 2.80. The SMILES string of the molecule is CCC1CC(=O)N(c2c(C)cccc2C)C1.COC=O. The van der Waals surface area contributed by atoms with Crippen molar-refractivity contribution < 1.29 is 14.3 Å². The van der Waals surface area contributed by atoms with Crippen molar-refractivity contribution in [2.75, 3.05) is 18.6 Å². The van der Waals surface area contributed by atoms with E-state index < -0.39 is 0 Å². The second-order valence-corrected chi connectivity index (χ2v) is 5.06. The maximum absolute atomic E-state index is 12.0. The number of carbonyl (C=O) groups is 2. The minimum absolute atomic E-state index is 0.282. The van der Waals surface area contributed by atoms with Crippen molar-refractivity contribution in [1.29, 1.82) is 0 Å². The van der Waals surface area contributed by atoms with E-state index in [9.17, 15) is 4.79 Å². The van der Waals surface area contributed by atoms with Crippen LogP contribution in [0.25, 0.3) is 0 Å². The van der Waals surface area contributed by atoms with Crippen LogP contribution >= 0.6 is 0 Å². The zero-order valence-corrected chi connectivity index (χ0v) is 12.7. The molecule has 1 aromatic carbocycles. The van der Waals surface area contributed by atoms with E-state index in [0.717, 1.165) is 18.7 Å². The molecule has 0 aliphatic carbocycles. The number of ether oxygens (including phenoxy) is 1. The number of anilines is 1. The molecule has 0 spiro atoms. The molecule has 1 aliphatic heterocycles. The zero-order valence-electron chi connectivity index (χ0n) is 12.7. The Kier molecular flexibility index (Phi) is 6.22. The van der Waals surface area contributed by atoms with Crippen LogP contribution < -0.4 is 4.90 Å². The highest BCUT2D eigenvalue weighted by Crippen LogP contribution is 2.31. The molecule has 1 saturated heterocycles. The Balaban J connectivity index is 0.000000444. The Morgan fingerprint density at radius 1 is 1.35 bits per heavy atom. The summed E-state index contributed by atoms with van der Waals surface area (Å²) in [5, 5.41) is 0. The highest BCUT2D eigenvalue weighted by molar-refractivity contribution is 5.97. The van der Waals surface area contributed by atoms with E-state index in [2.05, 4.69) is 37.6 Å². The molecule has 0 radical (unpaired) electrons. The number of benzene rings is 1. The number of para-hydroxylation sites is 1. The molecule has 1 atom stereocenters. The van der Waals surface area contributed by atoms with E-state index in [0.29, 0.717) is 18.8 Å². The summed E-state index contributed by atoms with van der Waals surface area (Å²) in [7, 11) is 1.31. The fourth-order valence-electron chi connectivity index (χ4n) is 2.50. The smallest absolute Gasteiger partial charge is 0.292 e. The van der Waals surface area contributed by atoms with Gasteiger partial charge >= 0.3 is 0 Å². The van der Waals surface area contributed by atoms with Gasteiger partial charge in [-0.3, -0.25) is 9.59 Å². The topological polar surface area (TPSA) is 46.6 Å². The van der Waals surface area contributed by atoms with Gasteiger partial charge in [0.1, 0.15) is 0 Å². The number of nitrogens with zero attached hydrogens (tertiary/aromatic N) is 1. The molecular formula is C16H23NO3. The van der Waals surface area contributed by atoms with E-state index in [1.54, 1.807) is 0 Å². The fraction of sp³-hybridized carbons (Fsp3) is 0.500. The Morgan fingerprint density at radius 2 is 1.90 bits per heavy atom. The van der Waals surface area contributed by atoms with Crippen molar-refractivity contribution >= 4 is 18.1 Å². The van der Waals surface area contributed by atoms with Crippen molar-refractivity contribution in [3.8, 4) is 0 Å². The van der Waals surface area contributed by atoms with E-state index in [1.807, 2.05) is 11.0 Å². The summed E-state index contributed by atoms with van der Waals surface area (Å²) in [6, 6.07) is 6.20. The molecule has 1 unspecified atom stereocenters. The summed E-state index contributed by atoms with van der Waals surface area (Å²) in [5.41, 5.74) is 3.53. The second kappa shape index (κ2) is 7.68. The van der Waals surface area contributed by atoms with Crippen molar-refractivity contribution in [3.63, 3.8) is 0 Å². The predicted molar refractivity (Wildman–Crippen MR) is 79.7 cm³/mol. The lowest BCUT2D eigenvalue weighted by molar-refractivity contribution is -0.126. The summed E-state index contributed by atoms with van der Waals surface area (Å²) in [6.45, 7) is 7.58. The van der Waals surface area contributed by atoms with Crippen LogP contribution in [0.4, 0.5) is 5.69 Å². The molecule has 20 heavy (non-hydrogen) atoms. The summed E-state index contributed by atoms with van der Waals surface area (Å²) >= 11 is 0. The van der Waals surface area contributed by atoms with Crippen LogP contribution in [0, 0.1) is 19.8 Å². The van der Waals surface area contributed by atoms with Crippen LogP contribution in [0.1, 0.15) is 30.9 Å². The van der Waals surface area contributed by atoms with Gasteiger partial charge in [0.2, 0.25) is 5.91 Å². The lowest BCUT2D eigenvalue weighted by Gasteiger charge is -2.21. The number of methoxy groups -OCH3 is 1. The lowest BCUT2D eigenvalue weighted by atomic mass is 10.1. The van der Waals surface area contributed by atoms with Crippen LogP contribution in [0.5, 0.6) is 0 Å². The van der Waals surface area contributed by atoms with Crippen LogP contribution in [0.2, 0.25) is 0 Å². The summed E-state index contributed by atoms with van der Waals surface area (Å²) in [5.74, 6) is 0.816. The van der Waals surface area contributed by atoms with Gasteiger partial charge in [0, 0.05) is 18.7 Å². The number of aryl methyl sites for hydroxylation is 2. The number of amides is 1. The maximum atomic E-state index is 12.0. The first kappa shape index (κ1) is 16.2. The van der Waals surface area contributed by atoms with Crippen molar-refractivity contribution in [1.82, 2.24) is 0 Å². The monoisotopic (exact) mass is 277 g/mol. The number of hydrogen-bond acceptors (Lipinski definition) is 3. The van der Waals surface area contributed by atoms with E-state index in [1.165, 1.54) is 18.2 Å². The van der Waals surface area contributed by atoms with Crippen molar-refractivity contribution in [2.24, 2.45) is 5.92 Å². The first-order valence-corrected chi connectivity index (χ1v) is 6.88. The normalized spacial score (nSPS) is 17.5. The molecule has 1 amide bonds. The van der Waals surface area contributed by atoms with Crippen molar-refractivity contribution in [3.05, 3.63) is 29.3 Å². The van der Waals surface area contributed by atoms with Crippen molar-refractivity contribution in [2.45, 2.75) is 33.6 Å². The Morgan fingerprint density at radius 3 is 2.30 bits per heavy atom. The molecule has 0 N–H and O–H groups in total. The average molecular weight is 277 g/mol. The molecule has 1 aliphatic rings. The van der Waals surface area contributed by atoms with Crippen LogP contribution in [0.15, 0.2) is 18.2 Å². The predicted octanol–water partition coefficient (Wildman–Crippen LogP) is 2.86. The molecule has 1 heterocycles. The van der Waals surface area contributed by atoms with Gasteiger partial charge in [0.05, 0.1) is 7.11 Å². The highest BCUT2D eigenvalue weighted by Gasteiger charge is 2.30. The largest absolute Gasteiger partial charge is 0.471 e. The summed E-state index contributed by atoms with van der Waals surface area (Å²) in [6.07, 6.45) is 1.80. The Bertz CT molecular complexity index is 451. The molecule has 0 saturated carbocycles. The standard InChI is InChI=1S/C14H19NO.C2H4O2/c1-4-12-8-13(16)15(9-12)14-10(2)6-5-7-11(14)3;1-4-2-3/h5-7,12H,4,8-9H2,1-3H3;2H,1H3. The molecular weight excluding hydrogens is 254 g/mol. The first-order valence-electron chi connectivity index (χ1n) is 6.88. The molecule has 1 fully saturated rings. The summed E-state index contributed by atoms with van der Waals surface area (Å²) in [4.78, 5) is 22.9. The molecule has 4 heteroatoms. The minimum atomic E-state index is 0.282. The molecule has 0 bridgehead atoms. The van der Waals surface area contributed by atoms with Gasteiger partial charge in [-0.05, 0) is 30.9 Å². The first-order chi connectivity index (χ1) is 9.54. The number of carbonyl (C=O) groups excluding carboxylic acids is 2. The summed E-state index contributed by atoms with van der Waals surface area (Å²) < 4.78 is 3.86. The van der Waals surface area contributed by atoms with Gasteiger partial charge in [0.25, 0.3) is 6.47 Å². The third kappa shape index (κ3) is 3.83. The zero-order chi connectivity index (χ0) is 15.1. The third-order valence-corrected chi connectivity index (χ3v) is 3.59. The van der Waals surface area contributed by atoms with Gasteiger partial charge in [-0.1, -0.05) is 31.5 Å². The van der Waals surface area contributed by atoms with E-state index in [-0.39, 0.29) is 5.91 Å². The molecule has 110 valence electrons. The van der Waals surface area contributed by atoms with E-state index in [4.69, 9.17) is 4.79 Å². The van der Waals surface area contributed by atoms with Gasteiger partial charge < -0.3 is 9.64 Å².